The van der Waals surface area contributed by atoms with Crippen LogP contribution >= 0.6 is 11.3 Å². The monoisotopic (exact) mass is 290 g/mol. The van der Waals surface area contributed by atoms with Crippen LogP contribution in [0.2, 0.25) is 0 Å². The highest BCUT2D eigenvalue weighted by molar-refractivity contribution is 7.10. The Labute approximate surface area is 124 Å². The zero-order chi connectivity index (χ0) is 14.5. The molecule has 0 bridgehead atoms. The van der Waals surface area contributed by atoms with Gasteiger partial charge >= 0.3 is 0 Å². The molecule has 0 aliphatic carbocycles. The SMILES string of the molecule is CCOC(c1nc(-c2ccc(CN)cc2)cs1)C(C)C. The van der Waals surface area contributed by atoms with Gasteiger partial charge in [-0.3, -0.25) is 0 Å². The molecule has 4 heteroatoms. The van der Waals surface area contributed by atoms with E-state index in [9.17, 15) is 0 Å². The Bertz CT molecular complexity index is 534. The molecule has 0 spiro atoms. The zero-order valence-corrected chi connectivity index (χ0v) is 13.1. The van der Waals surface area contributed by atoms with Gasteiger partial charge in [0.15, 0.2) is 0 Å². The van der Waals surface area contributed by atoms with E-state index in [0.717, 1.165) is 21.8 Å². The summed E-state index contributed by atoms with van der Waals surface area (Å²) in [7, 11) is 0. The third kappa shape index (κ3) is 3.45. The van der Waals surface area contributed by atoms with Gasteiger partial charge in [-0.05, 0) is 18.4 Å². The van der Waals surface area contributed by atoms with Gasteiger partial charge in [-0.25, -0.2) is 4.98 Å². The molecule has 1 atom stereocenters. The molecule has 2 aromatic rings. The van der Waals surface area contributed by atoms with Crippen molar-refractivity contribution in [3.63, 3.8) is 0 Å². The highest BCUT2D eigenvalue weighted by Crippen LogP contribution is 2.31. The van der Waals surface area contributed by atoms with Gasteiger partial charge in [-0.1, -0.05) is 38.1 Å². The van der Waals surface area contributed by atoms with E-state index in [1.165, 1.54) is 0 Å². The van der Waals surface area contributed by atoms with Gasteiger partial charge in [0, 0.05) is 24.1 Å². The van der Waals surface area contributed by atoms with Gasteiger partial charge in [-0.2, -0.15) is 0 Å². The predicted octanol–water partition coefficient (Wildman–Crippen LogP) is 4.00. The summed E-state index contributed by atoms with van der Waals surface area (Å²) in [5.74, 6) is 0.425. The van der Waals surface area contributed by atoms with Crippen LogP contribution in [-0.2, 0) is 11.3 Å². The Morgan fingerprint density at radius 1 is 1.25 bits per heavy atom. The fraction of sp³-hybridized carbons (Fsp3) is 0.438. The average molecular weight is 290 g/mol. The first kappa shape index (κ1) is 15.2. The summed E-state index contributed by atoms with van der Waals surface area (Å²) in [5, 5.41) is 3.15. The Morgan fingerprint density at radius 3 is 2.50 bits per heavy atom. The molecule has 1 aromatic carbocycles. The summed E-state index contributed by atoms with van der Waals surface area (Å²) in [6, 6.07) is 8.26. The van der Waals surface area contributed by atoms with Crippen LogP contribution in [0.3, 0.4) is 0 Å². The first-order valence-electron chi connectivity index (χ1n) is 7.02. The number of benzene rings is 1. The molecular formula is C16H22N2OS. The van der Waals surface area contributed by atoms with Crippen molar-refractivity contribution in [3.8, 4) is 11.3 Å². The van der Waals surface area contributed by atoms with Gasteiger partial charge in [0.1, 0.15) is 11.1 Å². The maximum absolute atomic E-state index is 5.81. The Hall–Kier alpha value is -1.23. The number of thiazole rings is 1. The van der Waals surface area contributed by atoms with Crippen molar-refractivity contribution in [1.29, 1.82) is 0 Å². The summed E-state index contributed by atoms with van der Waals surface area (Å²) in [5.41, 5.74) is 8.90. The van der Waals surface area contributed by atoms with Crippen LogP contribution in [0.5, 0.6) is 0 Å². The second-order valence-corrected chi connectivity index (χ2v) is 5.98. The van der Waals surface area contributed by atoms with Crippen molar-refractivity contribution in [2.24, 2.45) is 11.7 Å². The molecule has 0 aliphatic heterocycles. The van der Waals surface area contributed by atoms with Crippen molar-refractivity contribution in [2.75, 3.05) is 6.61 Å². The van der Waals surface area contributed by atoms with Gasteiger partial charge in [0.25, 0.3) is 0 Å². The minimum atomic E-state index is 0.0852. The molecule has 3 nitrogen and oxygen atoms in total. The average Bonchev–Trinajstić information content (AvgIpc) is 2.94. The number of rotatable bonds is 6. The standard InChI is InChI=1S/C16H22N2OS/c1-4-19-15(11(2)3)16-18-14(10-20-16)13-7-5-12(9-17)6-8-13/h5-8,10-11,15H,4,9,17H2,1-3H3. The van der Waals surface area contributed by atoms with Crippen molar-refractivity contribution >= 4 is 11.3 Å². The summed E-state index contributed by atoms with van der Waals surface area (Å²) >= 11 is 1.67. The number of hydrogen-bond acceptors (Lipinski definition) is 4. The molecule has 20 heavy (non-hydrogen) atoms. The lowest BCUT2D eigenvalue weighted by Crippen LogP contribution is -2.10. The fourth-order valence-corrected chi connectivity index (χ4v) is 3.14. The van der Waals surface area contributed by atoms with Gasteiger partial charge < -0.3 is 10.5 Å². The minimum Gasteiger partial charge on any atom is -0.371 e. The quantitative estimate of drug-likeness (QED) is 0.874. The topological polar surface area (TPSA) is 48.1 Å². The van der Waals surface area contributed by atoms with E-state index in [1.807, 2.05) is 6.92 Å². The number of ether oxygens (including phenoxy) is 1. The van der Waals surface area contributed by atoms with E-state index in [1.54, 1.807) is 11.3 Å². The molecule has 0 aliphatic rings. The molecule has 2 N–H and O–H groups in total. The predicted molar refractivity (Wildman–Crippen MR) is 84.6 cm³/mol. The summed E-state index contributed by atoms with van der Waals surface area (Å²) in [4.78, 5) is 4.74. The molecule has 0 saturated heterocycles. The first-order chi connectivity index (χ1) is 9.65. The molecule has 0 amide bonds. The molecule has 1 heterocycles. The summed E-state index contributed by atoms with van der Waals surface area (Å²) in [6.07, 6.45) is 0.0852. The van der Waals surface area contributed by atoms with Crippen LogP contribution in [0.25, 0.3) is 11.3 Å². The number of nitrogens with two attached hydrogens (primary N) is 1. The number of nitrogens with zero attached hydrogens (tertiary/aromatic N) is 1. The highest BCUT2D eigenvalue weighted by atomic mass is 32.1. The summed E-state index contributed by atoms with van der Waals surface area (Å²) < 4.78 is 5.81. The van der Waals surface area contributed by atoms with E-state index in [0.29, 0.717) is 19.1 Å². The van der Waals surface area contributed by atoms with Crippen LogP contribution in [0.1, 0.15) is 37.4 Å². The van der Waals surface area contributed by atoms with Crippen molar-refractivity contribution in [1.82, 2.24) is 4.98 Å². The molecule has 108 valence electrons. The van der Waals surface area contributed by atoms with Crippen LogP contribution in [0.15, 0.2) is 29.6 Å². The van der Waals surface area contributed by atoms with Crippen LogP contribution < -0.4 is 5.73 Å². The van der Waals surface area contributed by atoms with Crippen molar-refractivity contribution < 1.29 is 4.74 Å². The van der Waals surface area contributed by atoms with E-state index in [4.69, 9.17) is 15.5 Å². The second kappa shape index (κ2) is 6.97. The highest BCUT2D eigenvalue weighted by Gasteiger charge is 2.19. The van der Waals surface area contributed by atoms with Gasteiger partial charge in [0.05, 0.1) is 5.69 Å². The fourth-order valence-electron chi connectivity index (χ4n) is 2.09. The molecule has 1 unspecified atom stereocenters. The smallest absolute Gasteiger partial charge is 0.122 e. The Kier molecular flexibility index (Phi) is 5.29. The maximum Gasteiger partial charge on any atom is 0.122 e. The summed E-state index contributed by atoms with van der Waals surface area (Å²) in [6.45, 7) is 7.63. The van der Waals surface area contributed by atoms with Crippen LogP contribution in [0.4, 0.5) is 0 Å². The molecule has 0 fully saturated rings. The molecule has 2 rings (SSSR count). The van der Waals surface area contributed by atoms with E-state index >= 15 is 0 Å². The Morgan fingerprint density at radius 2 is 1.95 bits per heavy atom. The lowest BCUT2D eigenvalue weighted by atomic mass is 10.1. The third-order valence-electron chi connectivity index (χ3n) is 3.20. The Balaban J connectivity index is 2.22. The number of hydrogen-bond donors (Lipinski definition) is 1. The lowest BCUT2D eigenvalue weighted by Gasteiger charge is -2.18. The third-order valence-corrected chi connectivity index (χ3v) is 4.11. The molecular weight excluding hydrogens is 268 g/mol. The van der Waals surface area contributed by atoms with Crippen LogP contribution in [-0.4, -0.2) is 11.6 Å². The molecule has 0 saturated carbocycles. The van der Waals surface area contributed by atoms with E-state index in [-0.39, 0.29) is 6.10 Å². The van der Waals surface area contributed by atoms with Gasteiger partial charge in [0.2, 0.25) is 0 Å². The number of aromatic nitrogens is 1. The largest absolute Gasteiger partial charge is 0.371 e. The van der Waals surface area contributed by atoms with E-state index < -0.39 is 0 Å². The zero-order valence-electron chi connectivity index (χ0n) is 12.3. The van der Waals surface area contributed by atoms with Crippen molar-refractivity contribution in [3.05, 3.63) is 40.2 Å². The molecule has 0 radical (unpaired) electrons. The normalized spacial score (nSPS) is 12.8. The molecule has 1 aromatic heterocycles. The minimum absolute atomic E-state index is 0.0852. The van der Waals surface area contributed by atoms with Gasteiger partial charge in [-0.15, -0.1) is 11.3 Å². The van der Waals surface area contributed by atoms with E-state index in [2.05, 4.69) is 43.5 Å². The van der Waals surface area contributed by atoms with Crippen molar-refractivity contribution in [2.45, 2.75) is 33.4 Å². The van der Waals surface area contributed by atoms with Crippen LogP contribution in [0, 0.1) is 5.92 Å². The lowest BCUT2D eigenvalue weighted by molar-refractivity contribution is 0.0293. The second-order valence-electron chi connectivity index (χ2n) is 5.09. The first-order valence-corrected chi connectivity index (χ1v) is 7.90. The maximum atomic E-state index is 5.81.